The summed E-state index contributed by atoms with van der Waals surface area (Å²) in [5.41, 5.74) is 7.29. The van der Waals surface area contributed by atoms with Gasteiger partial charge in [-0.05, 0) is 45.8 Å². The summed E-state index contributed by atoms with van der Waals surface area (Å²) in [7, 11) is 0. The lowest BCUT2D eigenvalue weighted by Crippen LogP contribution is -2.23. The van der Waals surface area contributed by atoms with E-state index in [9.17, 15) is 4.39 Å². The van der Waals surface area contributed by atoms with Crippen molar-refractivity contribution >= 4 is 21.6 Å². The molecule has 18 heavy (non-hydrogen) atoms. The molecule has 2 aromatic rings. The van der Waals surface area contributed by atoms with Gasteiger partial charge in [0.1, 0.15) is 11.2 Å². The lowest BCUT2D eigenvalue weighted by atomic mass is 10.2. The number of nitrogens with two attached hydrogens (primary N) is 1. The van der Waals surface area contributed by atoms with E-state index in [4.69, 9.17) is 5.73 Å². The minimum absolute atomic E-state index is 0.264. The first kappa shape index (κ1) is 11.3. The van der Waals surface area contributed by atoms with Crippen LogP contribution in [0.4, 0.5) is 10.1 Å². The highest BCUT2D eigenvalue weighted by atomic mass is 79.9. The third kappa shape index (κ3) is 1.80. The summed E-state index contributed by atoms with van der Waals surface area (Å²) < 4.78 is 13.6. The second-order valence-corrected chi connectivity index (χ2v) is 4.81. The van der Waals surface area contributed by atoms with Crippen molar-refractivity contribution in [2.24, 2.45) is 9.98 Å². The Balaban J connectivity index is 2.12. The number of hydrogen-bond acceptors (Lipinski definition) is 3. The lowest BCUT2D eigenvalue weighted by molar-refractivity contribution is 0.625. The molecule has 0 unspecified atom stereocenters. The Kier molecular flexibility index (Phi) is 2.63. The zero-order valence-electron chi connectivity index (χ0n) is 9.27. The summed E-state index contributed by atoms with van der Waals surface area (Å²) >= 11 is 3.40. The quantitative estimate of drug-likeness (QED) is 0.806. The van der Waals surface area contributed by atoms with Gasteiger partial charge < -0.3 is 5.73 Å². The maximum atomic E-state index is 12.9. The molecule has 0 fully saturated rings. The third-order valence-corrected chi connectivity index (χ3v) is 3.64. The zero-order chi connectivity index (χ0) is 12.7. The molecule has 0 saturated carbocycles. The second-order valence-electron chi connectivity index (χ2n) is 4.02. The summed E-state index contributed by atoms with van der Waals surface area (Å²) in [6.45, 7) is 0. The average molecular weight is 306 g/mol. The van der Waals surface area contributed by atoms with Crippen LogP contribution in [0, 0.1) is 5.82 Å². The first-order chi connectivity index (χ1) is 8.65. The Morgan fingerprint density at radius 1 is 1.06 bits per heavy atom. The fourth-order valence-electron chi connectivity index (χ4n) is 1.86. The van der Waals surface area contributed by atoms with Crippen LogP contribution in [0.2, 0.25) is 0 Å². The fourth-order valence-corrected chi connectivity index (χ4v) is 2.30. The van der Waals surface area contributed by atoms with Gasteiger partial charge in [0.15, 0.2) is 6.17 Å². The molecule has 1 aliphatic rings. The van der Waals surface area contributed by atoms with Gasteiger partial charge in [-0.2, -0.15) is 0 Å². The molecule has 2 aromatic carbocycles. The van der Waals surface area contributed by atoms with E-state index < -0.39 is 0 Å². The molecule has 0 radical (unpaired) electrons. The zero-order valence-corrected chi connectivity index (χ0v) is 10.9. The number of nitrogens with zero attached hydrogens (tertiary/aromatic N) is 2. The lowest BCUT2D eigenvalue weighted by Gasteiger charge is -2.03. The SMILES string of the molecule is Nc1ccc2c(c1Br)=N[C@@H](c1ccc(F)cc1)N=2. The van der Waals surface area contributed by atoms with E-state index in [0.29, 0.717) is 5.69 Å². The van der Waals surface area contributed by atoms with Crippen molar-refractivity contribution in [2.75, 3.05) is 5.73 Å². The molecule has 0 bridgehead atoms. The fraction of sp³-hybridized carbons (Fsp3) is 0.0769. The van der Waals surface area contributed by atoms with Crippen molar-refractivity contribution in [3.8, 4) is 0 Å². The molecule has 1 atom stereocenters. The van der Waals surface area contributed by atoms with E-state index >= 15 is 0 Å². The summed E-state index contributed by atoms with van der Waals surface area (Å²) in [5, 5.41) is 1.55. The van der Waals surface area contributed by atoms with E-state index in [2.05, 4.69) is 25.9 Å². The number of fused-ring (bicyclic) bond motifs is 1. The van der Waals surface area contributed by atoms with Gasteiger partial charge in [-0.1, -0.05) is 12.1 Å². The minimum Gasteiger partial charge on any atom is -0.398 e. The monoisotopic (exact) mass is 305 g/mol. The van der Waals surface area contributed by atoms with Gasteiger partial charge in [-0.3, -0.25) is 9.98 Å². The average Bonchev–Trinajstić information content (AvgIpc) is 2.80. The maximum absolute atomic E-state index is 12.9. The highest BCUT2D eigenvalue weighted by Gasteiger charge is 2.14. The van der Waals surface area contributed by atoms with E-state index in [1.807, 2.05) is 6.07 Å². The molecule has 0 spiro atoms. The van der Waals surface area contributed by atoms with E-state index in [0.717, 1.165) is 20.8 Å². The van der Waals surface area contributed by atoms with E-state index in [1.54, 1.807) is 18.2 Å². The summed E-state index contributed by atoms with van der Waals surface area (Å²) in [5.74, 6) is -0.264. The maximum Gasteiger partial charge on any atom is 0.166 e. The molecule has 0 aromatic heterocycles. The van der Waals surface area contributed by atoms with Crippen molar-refractivity contribution in [3.05, 3.63) is 63.0 Å². The highest BCUT2D eigenvalue weighted by molar-refractivity contribution is 9.10. The number of rotatable bonds is 1. The van der Waals surface area contributed by atoms with Crippen molar-refractivity contribution < 1.29 is 4.39 Å². The topological polar surface area (TPSA) is 50.7 Å². The minimum atomic E-state index is -0.321. The molecule has 1 heterocycles. The summed E-state index contributed by atoms with van der Waals surface area (Å²) in [4.78, 5) is 8.97. The number of nitrogen functional groups attached to an aromatic ring is 1. The van der Waals surface area contributed by atoms with Crippen LogP contribution in [0.25, 0.3) is 0 Å². The number of halogens is 2. The van der Waals surface area contributed by atoms with Gasteiger partial charge in [0.25, 0.3) is 0 Å². The molecule has 0 saturated heterocycles. The molecule has 5 heteroatoms. The van der Waals surface area contributed by atoms with Crippen LogP contribution in [0.5, 0.6) is 0 Å². The Morgan fingerprint density at radius 3 is 2.50 bits per heavy atom. The van der Waals surface area contributed by atoms with Crippen LogP contribution in [0.15, 0.2) is 50.9 Å². The Bertz CT molecular complexity index is 725. The van der Waals surface area contributed by atoms with Crippen molar-refractivity contribution in [1.82, 2.24) is 0 Å². The van der Waals surface area contributed by atoms with Gasteiger partial charge in [0.2, 0.25) is 0 Å². The van der Waals surface area contributed by atoms with Crippen molar-refractivity contribution in [1.29, 1.82) is 0 Å². The van der Waals surface area contributed by atoms with Gasteiger partial charge in [-0.25, -0.2) is 4.39 Å². The van der Waals surface area contributed by atoms with Crippen LogP contribution in [-0.2, 0) is 0 Å². The molecule has 90 valence electrons. The molecule has 3 rings (SSSR count). The van der Waals surface area contributed by atoms with Crippen LogP contribution >= 0.6 is 15.9 Å². The van der Waals surface area contributed by atoms with Gasteiger partial charge >= 0.3 is 0 Å². The largest absolute Gasteiger partial charge is 0.398 e. The van der Waals surface area contributed by atoms with E-state index in [1.165, 1.54) is 12.1 Å². The molecule has 2 N–H and O–H groups in total. The summed E-state index contributed by atoms with van der Waals surface area (Å²) in [6.07, 6.45) is -0.321. The molecule has 0 amide bonds. The number of benzene rings is 2. The smallest absolute Gasteiger partial charge is 0.166 e. The molecular weight excluding hydrogens is 297 g/mol. The Labute approximate surface area is 111 Å². The third-order valence-electron chi connectivity index (χ3n) is 2.81. The van der Waals surface area contributed by atoms with E-state index in [-0.39, 0.29) is 12.0 Å². The van der Waals surface area contributed by atoms with Crippen LogP contribution in [0.1, 0.15) is 11.7 Å². The Morgan fingerprint density at radius 2 is 1.78 bits per heavy atom. The second kappa shape index (κ2) is 4.17. The van der Waals surface area contributed by atoms with Crippen molar-refractivity contribution in [2.45, 2.75) is 6.17 Å². The predicted molar refractivity (Wildman–Crippen MR) is 70.0 cm³/mol. The first-order valence-electron chi connectivity index (χ1n) is 5.40. The van der Waals surface area contributed by atoms with Gasteiger partial charge in [-0.15, -0.1) is 0 Å². The predicted octanol–water partition coefficient (Wildman–Crippen LogP) is 2.12. The standard InChI is InChI=1S/C13H9BrFN3/c14-11-9(16)5-6-10-12(11)18-13(17-10)7-1-3-8(15)4-2-7/h1-6,13H,16H2/t13-/m0/s1. The van der Waals surface area contributed by atoms with Crippen LogP contribution < -0.4 is 16.4 Å². The van der Waals surface area contributed by atoms with Gasteiger partial charge in [0, 0.05) is 5.69 Å². The van der Waals surface area contributed by atoms with Crippen LogP contribution in [0.3, 0.4) is 0 Å². The summed E-state index contributed by atoms with van der Waals surface area (Å²) in [6, 6.07) is 9.82. The number of anilines is 1. The van der Waals surface area contributed by atoms with Gasteiger partial charge in [0.05, 0.1) is 9.83 Å². The number of hydrogen-bond donors (Lipinski definition) is 1. The molecule has 0 aliphatic carbocycles. The van der Waals surface area contributed by atoms with Crippen LogP contribution in [-0.4, -0.2) is 0 Å². The molecule has 3 nitrogen and oxygen atoms in total. The highest BCUT2D eigenvalue weighted by Crippen LogP contribution is 2.21. The Hall–Kier alpha value is -1.75. The first-order valence-corrected chi connectivity index (χ1v) is 6.19. The normalized spacial score (nSPS) is 16.9. The molecular formula is C13H9BrFN3. The van der Waals surface area contributed by atoms with Crippen molar-refractivity contribution in [3.63, 3.8) is 0 Å². The molecule has 1 aliphatic heterocycles.